The van der Waals surface area contributed by atoms with E-state index in [4.69, 9.17) is 5.73 Å². The molecule has 0 unspecified atom stereocenters. The molecule has 0 bridgehead atoms. The van der Waals surface area contributed by atoms with E-state index in [1.807, 2.05) is 11.8 Å². The fraction of sp³-hybridized carbons (Fsp3) is 0.0556. The van der Waals surface area contributed by atoms with E-state index in [1.54, 1.807) is 0 Å². The number of benzene rings is 2. The van der Waals surface area contributed by atoms with Gasteiger partial charge in [0, 0.05) is 16.2 Å². The maximum atomic E-state index is 6.10. The van der Waals surface area contributed by atoms with Crippen LogP contribution in [0.4, 0.5) is 0 Å². The number of rotatable bonds is 0. The van der Waals surface area contributed by atoms with E-state index in [1.165, 1.54) is 32.1 Å². The first-order chi connectivity index (χ1) is 10.7. The molecule has 0 spiro atoms. The molecule has 0 saturated heterocycles. The van der Waals surface area contributed by atoms with Crippen molar-refractivity contribution in [2.75, 3.05) is 0 Å². The van der Waals surface area contributed by atoms with Crippen LogP contribution in [0, 0.1) is 0 Å². The molecule has 2 heterocycles. The lowest BCUT2D eigenvalue weighted by atomic mass is 9.92. The smallest absolute Gasteiger partial charge is 0.108 e. The highest BCUT2D eigenvalue weighted by Gasteiger charge is 2.23. The van der Waals surface area contributed by atoms with Crippen LogP contribution in [0.1, 0.15) is 17.5 Å². The van der Waals surface area contributed by atoms with Crippen LogP contribution < -0.4 is 5.73 Å². The van der Waals surface area contributed by atoms with Crippen LogP contribution in [0.5, 0.6) is 0 Å². The van der Waals surface area contributed by atoms with Gasteiger partial charge in [-0.3, -0.25) is 0 Å². The second-order valence-corrected chi connectivity index (χ2v) is 7.13. The van der Waals surface area contributed by atoms with Crippen molar-refractivity contribution in [1.29, 1.82) is 0 Å². The molecule has 116 valence electrons. The molecule has 23 heavy (non-hydrogen) atoms. The number of nitrogens with two attached hydrogens (primary N) is 1. The van der Waals surface area contributed by atoms with Gasteiger partial charge < -0.3 is 5.73 Å². The van der Waals surface area contributed by atoms with Crippen molar-refractivity contribution < 1.29 is 0 Å². The molecule has 2 aromatic rings. The van der Waals surface area contributed by atoms with Gasteiger partial charge in [-0.1, -0.05) is 48.2 Å². The number of halogens is 2. The summed E-state index contributed by atoms with van der Waals surface area (Å²) >= 11 is 5.32. The second-order valence-electron chi connectivity index (χ2n) is 5.23. The summed E-state index contributed by atoms with van der Waals surface area (Å²) in [7, 11) is 0. The Balaban J connectivity index is 0.00000156. The highest BCUT2D eigenvalue weighted by atomic mass is 79.9. The molecule has 0 aromatic heterocycles. The molecular formula is C18H14Br2N2S. The van der Waals surface area contributed by atoms with Crippen LogP contribution in [-0.2, 0) is 0 Å². The normalized spacial score (nSPS) is 15.9. The predicted octanol–water partition coefficient (Wildman–Crippen LogP) is 5.64. The van der Waals surface area contributed by atoms with Crippen molar-refractivity contribution in [3.8, 4) is 0 Å². The summed E-state index contributed by atoms with van der Waals surface area (Å²) in [5.41, 5.74) is 11.0. The first-order valence-corrected chi connectivity index (χ1v) is 8.63. The summed E-state index contributed by atoms with van der Waals surface area (Å²) in [4.78, 5) is 6.92. The van der Waals surface area contributed by atoms with Gasteiger partial charge in [0.15, 0.2) is 0 Å². The van der Waals surface area contributed by atoms with Crippen molar-refractivity contribution in [3.05, 3.63) is 70.3 Å². The molecule has 4 rings (SSSR count). The van der Waals surface area contributed by atoms with Gasteiger partial charge in [-0.15, -0.1) is 17.0 Å². The number of fused-ring (bicyclic) bond motifs is 4. The Morgan fingerprint density at radius 2 is 1.57 bits per heavy atom. The first kappa shape index (κ1) is 16.6. The van der Waals surface area contributed by atoms with E-state index in [0.717, 1.165) is 4.61 Å². The first-order valence-electron chi connectivity index (χ1n) is 7.02. The Bertz CT molecular complexity index is 869. The zero-order valence-corrected chi connectivity index (χ0v) is 16.2. The minimum atomic E-state index is 0. The third-order valence-corrected chi connectivity index (χ3v) is 5.36. The molecule has 2 aromatic carbocycles. The van der Waals surface area contributed by atoms with Crippen molar-refractivity contribution in [1.82, 2.24) is 0 Å². The lowest BCUT2D eigenvalue weighted by molar-refractivity contribution is 1.32. The Morgan fingerprint density at radius 3 is 2.30 bits per heavy atom. The minimum absolute atomic E-state index is 0. The maximum Gasteiger partial charge on any atom is 0.108 e. The van der Waals surface area contributed by atoms with Gasteiger partial charge in [-0.25, -0.2) is 4.99 Å². The standard InChI is InChI=1S/C18H13BrN2S.BrH/c19-17-9-13-11-5-1-3-7-15(11)22-16-8-4-2-6-12(16)14(13)10-18(20)21-17;/h1-9H,10H2,(H2,20,21);1H. The van der Waals surface area contributed by atoms with Crippen LogP contribution in [0.25, 0.3) is 11.1 Å². The van der Waals surface area contributed by atoms with Crippen molar-refractivity contribution >= 4 is 61.7 Å². The van der Waals surface area contributed by atoms with E-state index in [2.05, 4.69) is 75.5 Å². The molecule has 0 aliphatic carbocycles. The summed E-state index contributed by atoms with van der Waals surface area (Å²) in [5, 5.41) is 0. The zero-order chi connectivity index (χ0) is 15.1. The Labute approximate surface area is 158 Å². The Morgan fingerprint density at radius 1 is 0.957 bits per heavy atom. The van der Waals surface area contributed by atoms with Gasteiger partial charge in [0.1, 0.15) is 10.4 Å². The zero-order valence-electron chi connectivity index (χ0n) is 12.1. The lowest BCUT2D eigenvalue weighted by Gasteiger charge is -2.11. The molecule has 2 N–H and O–H groups in total. The van der Waals surface area contributed by atoms with Gasteiger partial charge in [0.25, 0.3) is 0 Å². The number of hydrogen-bond donors (Lipinski definition) is 1. The molecule has 0 amide bonds. The van der Waals surface area contributed by atoms with E-state index in [-0.39, 0.29) is 17.0 Å². The molecule has 0 fully saturated rings. The third-order valence-electron chi connectivity index (χ3n) is 3.81. The molecule has 5 heteroatoms. The molecule has 0 radical (unpaired) electrons. The minimum Gasteiger partial charge on any atom is -0.387 e. The number of amidine groups is 1. The average Bonchev–Trinajstić information content (AvgIpc) is 2.73. The van der Waals surface area contributed by atoms with Gasteiger partial charge in [-0.05, 0) is 56.4 Å². The van der Waals surface area contributed by atoms with Crippen molar-refractivity contribution in [2.45, 2.75) is 16.2 Å². The summed E-state index contributed by atoms with van der Waals surface area (Å²) < 4.78 is 0.772. The number of hydrogen-bond acceptors (Lipinski definition) is 3. The van der Waals surface area contributed by atoms with E-state index in [9.17, 15) is 0 Å². The van der Waals surface area contributed by atoms with Crippen LogP contribution in [-0.4, -0.2) is 5.84 Å². The largest absolute Gasteiger partial charge is 0.387 e. The molecule has 2 aliphatic rings. The highest BCUT2D eigenvalue weighted by molar-refractivity contribution is 9.11. The number of aliphatic imine (C=N–C) groups is 1. The second kappa shape index (κ2) is 6.67. The molecule has 0 saturated carbocycles. The molecule has 2 aliphatic heterocycles. The fourth-order valence-corrected chi connectivity index (χ4v) is 4.45. The van der Waals surface area contributed by atoms with Crippen molar-refractivity contribution in [2.24, 2.45) is 10.7 Å². The van der Waals surface area contributed by atoms with Gasteiger partial charge >= 0.3 is 0 Å². The van der Waals surface area contributed by atoms with E-state index < -0.39 is 0 Å². The van der Waals surface area contributed by atoms with E-state index in [0.29, 0.717) is 12.3 Å². The Hall–Kier alpha value is -1.30. The van der Waals surface area contributed by atoms with Crippen LogP contribution in [0.15, 0.2) is 74.0 Å². The summed E-state index contributed by atoms with van der Waals surface area (Å²) in [6.45, 7) is 0. The number of nitrogens with zero attached hydrogens (tertiary/aromatic N) is 1. The van der Waals surface area contributed by atoms with Crippen LogP contribution >= 0.6 is 44.7 Å². The predicted molar refractivity (Wildman–Crippen MR) is 107 cm³/mol. The summed E-state index contributed by atoms with van der Waals surface area (Å²) in [6, 6.07) is 17.0. The fourth-order valence-electron chi connectivity index (χ4n) is 2.87. The Kier molecular flexibility index (Phi) is 4.80. The maximum absolute atomic E-state index is 6.10. The molecule has 2 nitrogen and oxygen atoms in total. The van der Waals surface area contributed by atoms with Gasteiger partial charge in [-0.2, -0.15) is 0 Å². The quantitative estimate of drug-likeness (QED) is 0.528. The lowest BCUT2D eigenvalue weighted by Crippen LogP contribution is -2.11. The topological polar surface area (TPSA) is 38.4 Å². The molecular weight excluding hydrogens is 436 g/mol. The highest BCUT2D eigenvalue weighted by Crippen LogP contribution is 2.46. The van der Waals surface area contributed by atoms with E-state index >= 15 is 0 Å². The van der Waals surface area contributed by atoms with Gasteiger partial charge in [0.05, 0.1) is 0 Å². The van der Waals surface area contributed by atoms with Crippen molar-refractivity contribution in [3.63, 3.8) is 0 Å². The third kappa shape index (κ3) is 3.05. The monoisotopic (exact) mass is 448 g/mol. The average molecular weight is 450 g/mol. The number of allylic oxidation sites excluding steroid dienone is 2. The summed E-state index contributed by atoms with van der Waals surface area (Å²) in [5.74, 6) is 0.632. The van der Waals surface area contributed by atoms with Crippen LogP contribution in [0.3, 0.4) is 0 Å². The van der Waals surface area contributed by atoms with Crippen LogP contribution in [0.2, 0.25) is 0 Å². The van der Waals surface area contributed by atoms with Gasteiger partial charge in [0.2, 0.25) is 0 Å². The SMILES string of the molecule is Br.NC1=NC(Br)=CC2=C(C1)c1ccccc1Sc1ccccc12. The molecule has 0 atom stereocenters. The summed E-state index contributed by atoms with van der Waals surface area (Å²) in [6.07, 6.45) is 2.74.